The van der Waals surface area contributed by atoms with Gasteiger partial charge in [0.2, 0.25) is 5.91 Å². The SMILES string of the molecule is CC(C)NC(=O)NC(=O)CSc1nc2sc3c(c2c(=O)n1C)CCCC3. The summed E-state index contributed by atoms with van der Waals surface area (Å²) in [6.45, 7) is 3.63. The molecule has 2 heterocycles. The largest absolute Gasteiger partial charge is 0.336 e. The van der Waals surface area contributed by atoms with Crippen LogP contribution in [-0.4, -0.2) is 33.3 Å². The van der Waals surface area contributed by atoms with E-state index in [0.29, 0.717) is 5.16 Å². The predicted molar refractivity (Wildman–Crippen MR) is 104 cm³/mol. The van der Waals surface area contributed by atoms with E-state index in [-0.39, 0.29) is 17.4 Å². The van der Waals surface area contributed by atoms with Gasteiger partial charge in [-0.25, -0.2) is 9.78 Å². The topological polar surface area (TPSA) is 93.1 Å². The molecule has 9 heteroatoms. The maximum atomic E-state index is 12.8. The number of nitrogens with one attached hydrogen (secondary N) is 2. The van der Waals surface area contributed by atoms with Gasteiger partial charge in [-0.3, -0.25) is 19.5 Å². The number of fused-ring (bicyclic) bond motifs is 3. The van der Waals surface area contributed by atoms with Gasteiger partial charge >= 0.3 is 6.03 Å². The Morgan fingerprint density at radius 3 is 2.77 bits per heavy atom. The maximum Gasteiger partial charge on any atom is 0.321 e. The summed E-state index contributed by atoms with van der Waals surface area (Å²) in [7, 11) is 1.67. The van der Waals surface area contributed by atoms with Crippen LogP contribution in [0, 0.1) is 0 Å². The second kappa shape index (κ2) is 7.79. The molecular weight excluding hydrogens is 372 g/mol. The van der Waals surface area contributed by atoms with Crippen molar-refractivity contribution in [3.05, 3.63) is 20.8 Å². The smallest absolute Gasteiger partial charge is 0.321 e. The second-order valence-corrected chi connectivity index (χ2v) is 8.64. The summed E-state index contributed by atoms with van der Waals surface area (Å²) in [5.74, 6) is -0.407. The van der Waals surface area contributed by atoms with Crippen molar-refractivity contribution in [2.45, 2.75) is 50.7 Å². The number of hydrogen-bond donors (Lipinski definition) is 2. The van der Waals surface area contributed by atoms with Crippen LogP contribution in [0.2, 0.25) is 0 Å². The van der Waals surface area contributed by atoms with Gasteiger partial charge in [0.05, 0.1) is 11.1 Å². The highest BCUT2D eigenvalue weighted by atomic mass is 32.2. The third kappa shape index (κ3) is 3.93. The Balaban J connectivity index is 1.76. The zero-order valence-electron chi connectivity index (χ0n) is 15.0. The number of amides is 3. The molecule has 1 aliphatic rings. The molecule has 140 valence electrons. The average molecular weight is 395 g/mol. The summed E-state index contributed by atoms with van der Waals surface area (Å²) in [6, 6.07) is -0.570. The summed E-state index contributed by atoms with van der Waals surface area (Å²) in [6.07, 6.45) is 4.21. The van der Waals surface area contributed by atoms with Crippen molar-refractivity contribution in [2.75, 3.05) is 5.75 Å². The summed E-state index contributed by atoms with van der Waals surface area (Å²) in [5.41, 5.74) is 1.10. The van der Waals surface area contributed by atoms with Gasteiger partial charge in [0, 0.05) is 18.0 Å². The zero-order chi connectivity index (χ0) is 18.8. The Labute approximate surface area is 159 Å². The molecule has 7 nitrogen and oxygen atoms in total. The summed E-state index contributed by atoms with van der Waals surface area (Å²) >= 11 is 2.74. The molecule has 26 heavy (non-hydrogen) atoms. The number of rotatable bonds is 4. The maximum absolute atomic E-state index is 12.8. The van der Waals surface area contributed by atoms with Crippen LogP contribution in [0.3, 0.4) is 0 Å². The molecule has 0 aromatic carbocycles. The predicted octanol–water partition coefficient (Wildman–Crippen LogP) is 2.20. The molecule has 2 N–H and O–H groups in total. The minimum absolute atomic E-state index is 0.0163. The normalized spacial score (nSPS) is 13.7. The van der Waals surface area contributed by atoms with Gasteiger partial charge in [0.1, 0.15) is 4.83 Å². The number of nitrogens with zero attached hydrogens (tertiary/aromatic N) is 2. The van der Waals surface area contributed by atoms with Crippen LogP contribution in [0.4, 0.5) is 4.79 Å². The van der Waals surface area contributed by atoms with Crippen molar-refractivity contribution >= 4 is 45.3 Å². The van der Waals surface area contributed by atoms with E-state index < -0.39 is 11.9 Å². The molecule has 3 amide bonds. The number of hydrogen-bond acceptors (Lipinski definition) is 6. The van der Waals surface area contributed by atoms with Crippen LogP contribution >= 0.6 is 23.1 Å². The van der Waals surface area contributed by atoms with Gasteiger partial charge < -0.3 is 5.32 Å². The van der Waals surface area contributed by atoms with Gasteiger partial charge in [-0.05, 0) is 45.1 Å². The Morgan fingerprint density at radius 1 is 1.31 bits per heavy atom. The minimum Gasteiger partial charge on any atom is -0.336 e. The van der Waals surface area contributed by atoms with Crippen LogP contribution in [0.15, 0.2) is 9.95 Å². The monoisotopic (exact) mass is 394 g/mol. The first kappa shape index (κ1) is 18.9. The van der Waals surface area contributed by atoms with E-state index in [2.05, 4.69) is 15.6 Å². The highest BCUT2D eigenvalue weighted by molar-refractivity contribution is 7.99. The third-order valence-electron chi connectivity index (χ3n) is 4.16. The summed E-state index contributed by atoms with van der Waals surface area (Å²) in [4.78, 5) is 42.9. The molecule has 0 unspecified atom stereocenters. The average Bonchev–Trinajstić information content (AvgIpc) is 2.94. The summed E-state index contributed by atoms with van der Waals surface area (Å²) < 4.78 is 1.50. The Bertz CT molecular complexity index is 917. The molecule has 1 aliphatic carbocycles. The van der Waals surface area contributed by atoms with E-state index in [1.165, 1.54) is 9.44 Å². The van der Waals surface area contributed by atoms with E-state index in [1.54, 1.807) is 18.4 Å². The van der Waals surface area contributed by atoms with Crippen LogP contribution in [0.25, 0.3) is 10.2 Å². The second-order valence-electron chi connectivity index (χ2n) is 6.61. The number of carbonyl (C=O) groups is 2. The molecule has 2 aromatic heterocycles. The Morgan fingerprint density at radius 2 is 2.04 bits per heavy atom. The van der Waals surface area contributed by atoms with Gasteiger partial charge in [-0.15, -0.1) is 11.3 Å². The molecular formula is C17H22N4O3S2. The van der Waals surface area contributed by atoms with E-state index >= 15 is 0 Å². The first-order valence-electron chi connectivity index (χ1n) is 8.61. The first-order chi connectivity index (χ1) is 12.4. The van der Waals surface area contributed by atoms with Crippen molar-refractivity contribution in [3.8, 4) is 0 Å². The molecule has 0 saturated heterocycles. The number of imide groups is 1. The van der Waals surface area contributed by atoms with Crippen molar-refractivity contribution in [3.63, 3.8) is 0 Å². The zero-order valence-corrected chi connectivity index (χ0v) is 16.7. The van der Waals surface area contributed by atoms with E-state index in [4.69, 9.17) is 0 Å². The van der Waals surface area contributed by atoms with Gasteiger partial charge in [-0.1, -0.05) is 11.8 Å². The van der Waals surface area contributed by atoms with E-state index in [1.807, 2.05) is 13.8 Å². The molecule has 2 aromatic rings. The molecule has 0 radical (unpaired) electrons. The van der Waals surface area contributed by atoms with Gasteiger partial charge in [0.15, 0.2) is 5.16 Å². The van der Waals surface area contributed by atoms with Gasteiger partial charge in [0.25, 0.3) is 5.56 Å². The van der Waals surface area contributed by atoms with Crippen molar-refractivity contribution in [1.29, 1.82) is 0 Å². The lowest BCUT2D eigenvalue weighted by atomic mass is 9.97. The lowest BCUT2D eigenvalue weighted by Gasteiger charge is -2.11. The highest BCUT2D eigenvalue weighted by Crippen LogP contribution is 2.34. The molecule has 0 atom stereocenters. The number of aromatic nitrogens is 2. The number of urea groups is 1. The number of carbonyl (C=O) groups excluding carboxylic acids is 2. The van der Waals surface area contributed by atoms with Crippen LogP contribution in [0.5, 0.6) is 0 Å². The van der Waals surface area contributed by atoms with Crippen LogP contribution in [-0.2, 0) is 24.7 Å². The fourth-order valence-electron chi connectivity index (χ4n) is 2.99. The standard InChI is InChI=1S/C17H22N4O3S2/c1-9(2)18-16(24)19-12(22)8-25-17-20-14-13(15(23)21(17)3)10-6-4-5-7-11(10)26-14/h9H,4-8H2,1-3H3,(H2,18,19,22,24). The number of thioether (sulfide) groups is 1. The molecule has 0 fully saturated rings. The lowest BCUT2D eigenvalue weighted by Crippen LogP contribution is -2.43. The fraction of sp³-hybridized carbons (Fsp3) is 0.529. The first-order valence-corrected chi connectivity index (χ1v) is 10.4. The van der Waals surface area contributed by atoms with Gasteiger partial charge in [-0.2, -0.15) is 0 Å². The Hall–Kier alpha value is -1.87. The van der Waals surface area contributed by atoms with E-state index in [9.17, 15) is 14.4 Å². The Kier molecular flexibility index (Phi) is 5.67. The quantitative estimate of drug-likeness (QED) is 0.613. The van der Waals surface area contributed by atoms with Crippen molar-refractivity contribution in [2.24, 2.45) is 7.05 Å². The van der Waals surface area contributed by atoms with Crippen molar-refractivity contribution in [1.82, 2.24) is 20.2 Å². The minimum atomic E-state index is -0.520. The summed E-state index contributed by atoms with van der Waals surface area (Å²) in [5, 5.41) is 6.09. The number of aryl methyl sites for hydroxylation is 2. The fourth-order valence-corrected chi connectivity index (χ4v) is 5.06. The van der Waals surface area contributed by atoms with E-state index in [0.717, 1.165) is 53.2 Å². The highest BCUT2D eigenvalue weighted by Gasteiger charge is 2.21. The molecule has 0 saturated carbocycles. The lowest BCUT2D eigenvalue weighted by molar-refractivity contribution is -0.117. The molecule has 3 rings (SSSR count). The van der Waals surface area contributed by atoms with Crippen LogP contribution in [0.1, 0.15) is 37.1 Å². The van der Waals surface area contributed by atoms with Crippen LogP contribution < -0.4 is 16.2 Å². The van der Waals surface area contributed by atoms with Crippen molar-refractivity contribution < 1.29 is 9.59 Å². The number of thiophene rings is 1. The third-order valence-corrected chi connectivity index (χ3v) is 6.38. The molecule has 0 spiro atoms. The molecule has 0 aliphatic heterocycles. The molecule has 0 bridgehead atoms.